The highest BCUT2D eigenvalue weighted by Gasteiger charge is 2.28. The number of fused-ring (bicyclic) bond motifs is 1. The summed E-state index contributed by atoms with van der Waals surface area (Å²) in [6.07, 6.45) is 2.70. The predicted molar refractivity (Wildman–Crippen MR) is 78.0 cm³/mol. The molecule has 0 saturated heterocycles. The number of hydrogen-bond acceptors (Lipinski definition) is 5. The van der Waals surface area contributed by atoms with Gasteiger partial charge in [-0.2, -0.15) is 0 Å². The van der Waals surface area contributed by atoms with Gasteiger partial charge in [0.25, 0.3) is 6.29 Å². The van der Waals surface area contributed by atoms with Crippen LogP contribution >= 0.6 is 11.3 Å². The van der Waals surface area contributed by atoms with Gasteiger partial charge in [0, 0.05) is 10.4 Å². The van der Waals surface area contributed by atoms with E-state index in [2.05, 4.69) is 13.0 Å². The van der Waals surface area contributed by atoms with Crippen LogP contribution in [0.3, 0.4) is 0 Å². The molecule has 21 heavy (non-hydrogen) atoms. The molecule has 0 amide bonds. The lowest BCUT2D eigenvalue weighted by molar-refractivity contribution is -0.0423. The number of benzene rings is 1. The molecule has 1 atom stereocenters. The van der Waals surface area contributed by atoms with Crippen LogP contribution in [-0.4, -0.2) is 6.79 Å². The summed E-state index contributed by atoms with van der Waals surface area (Å²) < 4.78 is 22.2. The molecule has 0 fully saturated rings. The van der Waals surface area contributed by atoms with Gasteiger partial charge in [0.2, 0.25) is 0 Å². The number of thiophene rings is 1. The molecule has 1 aromatic heterocycles. The molecule has 0 radical (unpaired) electrons. The third kappa shape index (κ3) is 2.18. The lowest BCUT2D eigenvalue weighted by atomic mass is 10.0. The van der Waals surface area contributed by atoms with Crippen molar-refractivity contribution in [2.75, 3.05) is 6.79 Å². The van der Waals surface area contributed by atoms with E-state index in [-0.39, 0.29) is 19.2 Å². The van der Waals surface area contributed by atoms with Gasteiger partial charge < -0.3 is 18.9 Å². The van der Waals surface area contributed by atoms with E-state index in [1.54, 1.807) is 23.9 Å². The highest BCUT2D eigenvalue weighted by molar-refractivity contribution is 7.12. The molecule has 2 aromatic rings. The van der Waals surface area contributed by atoms with Crippen LogP contribution in [0.2, 0.25) is 0 Å². The van der Waals surface area contributed by atoms with Crippen LogP contribution < -0.4 is 4.74 Å². The average Bonchev–Trinajstić information content (AvgIpc) is 3.16. The van der Waals surface area contributed by atoms with Crippen LogP contribution in [-0.2, 0) is 14.2 Å². The van der Waals surface area contributed by atoms with E-state index in [9.17, 15) is 0 Å². The second-order valence-corrected chi connectivity index (χ2v) is 6.17. The molecule has 4 nitrogen and oxygen atoms in total. The maximum absolute atomic E-state index is 5.83. The van der Waals surface area contributed by atoms with Crippen LogP contribution in [0.25, 0.3) is 0 Å². The van der Waals surface area contributed by atoms with E-state index in [1.165, 1.54) is 4.88 Å². The molecular weight excluding hydrogens is 288 g/mol. The first kappa shape index (κ1) is 12.7. The Hall–Kier alpha value is -1.98. The summed E-state index contributed by atoms with van der Waals surface area (Å²) in [5.74, 6) is 0.885. The van der Waals surface area contributed by atoms with Crippen molar-refractivity contribution < 1.29 is 18.9 Å². The summed E-state index contributed by atoms with van der Waals surface area (Å²) in [7, 11) is 0. The van der Waals surface area contributed by atoms with Crippen LogP contribution in [0.1, 0.15) is 33.3 Å². The van der Waals surface area contributed by atoms with E-state index >= 15 is 0 Å². The Kier molecular flexibility index (Phi) is 3.09. The molecule has 0 saturated carbocycles. The van der Waals surface area contributed by atoms with Gasteiger partial charge in [-0.05, 0) is 24.6 Å². The fourth-order valence-electron chi connectivity index (χ4n) is 2.61. The maximum atomic E-state index is 5.83. The van der Waals surface area contributed by atoms with Gasteiger partial charge in [0.1, 0.15) is 24.4 Å². The molecule has 0 N–H and O–H groups in total. The summed E-state index contributed by atoms with van der Waals surface area (Å²) in [6, 6.07) is 10.1. The molecule has 1 aromatic carbocycles. The zero-order valence-corrected chi connectivity index (χ0v) is 12.3. The first-order valence-corrected chi connectivity index (χ1v) is 7.54. The van der Waals surface area contributed by atoms with Crippen molar-refractivity contribution in [3.63, 3.8) is 0 Å². The molecule has 0 spiro atoms. The van der Waals surface area contributed by atoms with E-state index in [1.807, 2.05) is 24.3 Å². The Morgan fingerprint density at radius 3 is 2.76 bits per heavy atom. The van der Waals surface area contributed by atoms with E-state index in [0.717, 1.165) is 21.8 Å². The standard InChI is InChI=1S/C16H14O4S/c1-10-12(8-14(21-10)16-17-6-7-18-16)15-11-4-2-3-5-13(11)19-9-20-15/h2-8,15-16H,9H2,1H3. The fourth-order valence-corrected chi connectivity index (χ4v) is 3.64. The van der Waals surface area contributed by atoms with Crippen molar-refractivity contribution >= 4 is 11.3 Å². The molecule has 0 bridgehead atoms. The zero-order chi connectivity index (χ0) is 14.2. The highest BCUT2D eigenvalue weighted by Crippen LogP contribution is 2.42. The van der Waals surface area contributed by atoms with Crippen molar-refractivity contribution in [2.45, 2.75) is 19.3 Å². The van der Waals surface area contributed by atoms with E-state index in [0.29, 0.717) is 0 Å². The lowest BCUT2D eigenvalue weighted by Crippen LogP contribution is -2.18. The Labute approximate surface area is 126 Å². The molecule has 0 aliphatic carbocycles. The van der Waals surface area contributed by atoms with Crippen LogP contribution in [0.15, 0.2) is 42.9 Å². The third-order valence-electron chi connectivity index (χ3n) is 3.60. The second-order valence-electron chi connectivity index (χ2n) is 4.88. The molecule has 5 heteroatoms. The van der Waals surface area contributed by atoms with Crippen LogP contribution in [0.5, 0.6) is 5.75 Å². The second kappa shape index (κ2) is 5.09. The molecule has 2 aliphatic rings. The lowest BCUT2D eigenvalue weighted by Gasteiger charge is -2.26. The van der Waals surface area contributed by atoms with Crippen molar-refractivity contribution in [3.8, 4) is 5.75 Å². The number of para-hydroxylation sites is 1. The summed E-state index contributed by atoms with van der Waals surface area (Å²) in [5, 5.41) is 0. The Bertz CT molecular complexity index is 683. The van der Waals surface area contributed by atoms with Gasteiger partial charge >= 0.3 is 0 Å². The number of hydrogen-bond donors (Lipinski definition) is 0. The van der Waals surface area contributed by atoms with E-state index < -0.39 is 0 Å². The SMILES string of the molecule is Cc1sc(C2OC=CO2)cc1C1OCOc2ccccc21. The summed E-state index contributed by atoms with van der Waals surface area (Å²) >= 11 is 1.67. The van der Waals surface area contributed by atoms with E-state index in [4.69, 9.17) is 18.9 Å². The van der Waals surface area contributed by atoms with Crippen LogP contribution in [0, 0.1) is 6.92 Å². The van der Waals surface area contributed by atoms with Crippen molar-refractivity contribution in [1.82, 2.24) is 0 Å². The van der Waals surface area contributed by atoms with Gasteiger partial charge in [0.05, 0.1) is 4.88 Å². The summed E-state index contributed by atoms with van der Waals surface area (Å²) in [4.78, 5) is 2.24. The summed E-state index contributed by atoms with van der Waals surface area (Å²) in [5.41, 5.74) is 2.20. The molecule has 3 heterocycles. The first-order valence-electron chi connectivity index (χ1n) is 6.72. The average molecular weight is 302 g/mol. The Morgan fingerprint density at radius 2 is 1.90 bits per heavy atom. The van der Waals surface area contributed by atoms with Gasteiger partial charge in [-0.15, -0.1) is 11.3 Å². The van der Waals surface area contributed by atoms with Crippen molar-refractivity contribution in [1.29, 1.82) is 0 Å². The monoisotopic (exact) mass is 302 g/mol. The molecule has 1 unspecified atom stereocenters. The smallest absolute Gasteiger partial charge is 0.275 e. The number of rotatable bonds is 2. The Balaban J connectivity index is 1.71. The minimum atomic E-state index is -0.336. The maximum Gasteiger partial charge on any atom is 0.275 e. The third-order valence-corrected chi connectivity index (χ3v) is 4.69. The first-order chi connectivity index (χ1) is 10.3. The van der Waals surface area contributed by atoms with Crippen molar-refractivity contribution in [2.24, 2.45) is 0 Å². The topological polar surface area (TPSA) is 36.9 Å². The van der Waals surface area contributed by atoms with Gasteiger partial charge in [-0.25, -0.2) is 0 Å². The molecule has 108 valence electrons. The molecular formula is C16H14O4S. The van der Waals surface area contributed by atoms with Gasteiger partial charge in [-0.1, -0.05) is 18.2 Å². The minimum Gasteiger partial charge on any atom is -0.467 e. The molecule has 4 rings (SSSR count). The van der Waals surface area contributed by atoms with Gasteiger partial charge in [-0.3, -0.25) is 0 Å². The number of aryl methyl sites for hydroxylation is 1. The predicted octanol–water partition coefficient (Wildman–Crippen LogP) is 4.03. The highest BCUT2D eigenvalue weighted by atomic mass is 32.1. The summed E-state index contributed by atoms with van der Waals surface area (Å²) in [6.45, 7) is 2.36. The fraction of sp³-hybridized carbons (Fsp3) is 0.250. The Morgan fingerprint density at radius 1 is 1.10 bits per heavy atom. The number of ether oxygens (including phenoxy) is 4. The zero-order valence-electron chi connectivity index (χ0n) is 11.4. The minimum absolute atomic E-state index is 0.102. The quantitative estimate of drug-likeness (QED) is 0.839. The van der Waals surface area contributed by atoms with Crippen molar-refractivity contribution in [3.05, 3.63) is 63.7 Å². The van der Waals surface area contributed by atoms with Gasteiger partial charge in [0.15, 0.2) is 6.79 Å². The molecule has 2 aliphatic heterocycles. The largest absolute Gasteiger partial charge is 0.467 e. The normalized spacial score (nSPS) is 20.5. The van der Waals surface area contributed by atoms with Crippen LogP contribution in [0.4, 0.5) is 0 Å².